The Kier molecular flexibility index (Phi) is 3.73. The third-order valence-electron chi connectivity index (χ3n) is 3.98. The highest BCUT2D eigenvalue weighted by Crippen LogP contribution is 2.26. The first-order valence-corrected chi connectivity index (χ1v) is 8.60. The largest absolute Gasteiger partial charge is 0.374 e. The van der Waals surface area contributed by atoms with Gasteiger partial charge in [0.25, 0.3) is 0 Å². The lowest BCUT2D eigenvalue weighted by molar-refractivity contribution is 0.0250. The number of hydrogen-bond acceptors (Lipinski definition) is 3. The van der Waals surface area contributed by atoms with Crippen molar-refractivity contribution in [2.24, 2.45) is 0 Å². The fraction of sp³-hybridized carbons (Fsp3) is 0.375. The number of nitrogens with one attached hydrogen (secondary N) is 1. The molecule has 0 spiro atoms. The van der Waals surface area contributed by atoms with Crippen LogP contribution in [0.15, 0.2) is 47.4 Å². The first kappa shape index (κ1) is 14.5. The second kappa shape index (κ2) is 5.40. The topological polar surface area (TPSA) is 55.4 Å². The maximum absolute atomic E-state index is 12.6. The zero-order valence-corrected chi connectivity index (χ0v) is 12.8. The van der Waals surface area contributed by atoms with Crippen molar-refractivity contribution in [1.82, 2.24) is 4.72 Å². The van der Waals surface area contributed by atoms with Crippen LogP contribution < -0.4 is 4.72 Å². The average molecular weight is 305 g/mol. The Labute approximate surface area is 125 Å². The van der Waals surface area contributed by atoms with E-state index in [-0.39, 0.29) is 0 Å². The Morgan fingerprint density at radius 2 is 1.95 bits per heavy atom. The number of sulfonamides is 1. The summed E-state index contributed by atoms with van der Waals surface area (Å²) in [5.41, 5.74) is -0.391. The molecule has 0 saturated carbocycles. The van der Waals surface area contributed by atoms with E-state index >= 15 is 0 Å². The Bertz CT molecular complexity index is 744. The molecule has 1 heterocycles. The van der Waals surface area contributed by atoms with Crippen molar-refractivity contribution in [2.45, 2.75) is 30.3 Å². The number of ether oxygens (including phenoxy) is 1. The monoisotopic (exact) mass is 305 g/mol. The highest BCUT2D eigenvalue weighted by molar-refractivity contribution is 7.89. The lowest BCUT2D eigenvalue weighted by Crippen LogP contribution is -2.40. The maximum atomic E-state index is 12.6. The molecule has 1 N–H and O–H groups in total. The van der Waals surface area contributed by atoms with E-state index in [9.17, 15) is 8.42 Å². The lowest BCUT2D eigenvalue weighted by Gasteiger charge is -2.23. The van der Waals surface area contributed by atoms with Gasteiger partial charge in [0.1, 0.15) is 0 Å². The molecule has 1 aliphatic rings. The van der Waals surface area contributed by atoms with Crippen molar-refractivity contribution >= 4 is 20.8 Å². The van der Waals surface area contributed by atoms with Crippen LogP contribution in [0.5, 0.6) is 0 Å². The van der Waals surface area contributed by atoms with Crippen LogP contribution in [0.3, 0.4) is 0 Å². The van der Waals surface area contributed by atoms with Gasteiger partial charge in [-0.25, -0.2) is 13.1 Å². The van der Waals surface area contributed by atoms with E-state index in [1.165, 1.54) is 0 Å². The SMILES string of the molecule is CC1(CNS(=O)(=O)c2cccc3ccccc23)CCCO1. The van der Waals surface area contributed by atoms with Crippen LogP contribution in [0.1, 0.15) is 19.8 Å². The quantitative estimate of drug-likeness (QED) is 0.945. The molecular formula is C16H19NO3S. The van der Waals surface area contributed by atoms with Crippen LogP contribution >= 0.6 is 0 Å². The summed E-state index contributed by atoms with van der Waals surface area (Å²) in [6.45, 7) is 2.96. The molecule has 2 aromatic rings. The van der Waals surface area contributed by atoms with E-state index in [4.69, 9.17) is 4.74 Å². The molecule has 21 heavy (non-hydrogen) atoms. The second-order valence-corrected chi connectivity index (χ2v) is 7.44. The maximum Gasteiger partial charge on any atom is 0.241 e. The summed E-state index contributed by atoms with van der Waals surface area (Å²) in [4.78, 5) is 0.321. The molecule has 0 radical (unpaired) electrons. The zero-order valence-electron chi connectivity index (χ0n) is 12.0. The predicted molar refractivity (Wildman–Crippen MR) is 82.7 cm³/mol. The van der Waals surface area contributed by atoms with Crippen LogP contribution in [-0.4, -0.2) is 27.2 Å². The fourth-order valence-electron chi connectivity index (χ4n) is 2.73. The number of rotatable bonds is 4. The molecule has 2 aromatic carbocycles. The summed E-state index contributed by atoms with van der Waals surface area (Å²) in [5, 5.41) is 1.66. The second-order valence-electron chi connectivity index (χ2n) is 5.70. The van der Waals surface area contributed by atoms with Crippen LogP contribution in [0.4, 0.5) is 0 Å². The first-order valence-electron chi connectivity index (χ1n) is 7.12. The van der Waals surface area contributed by atoms with Gasteiger partial charge >= 0.3 is 0 Å². The van der Waals surface area contributed by atoms with Crippen molar-refractivity contribution in [2.75, 3.05) is 13.2 Å². The molecular weight excluding hydrogens is 286 g/mol. The molecule has 1 fully saturated rings. The van der Waals surface area contributed by atoms with Crippen molar-refractivity contribution in [3.8, 4) is 0 Å². The van der Waals surface area contributed by atoms with Crippen molar-refractivity contribution < 1.29 is 13.2 Å². The van der Waals surface area contributed by atoms with Gasteiger partial charge in [0, 0.05) is 18.5 Å². The third kappa shape index (κ3) is 2.95. The van der Waals surface area contributed by atoms with Gasteiger partial charge in [-0.3, -0.25) is 0 Å². The summed E-state index contributed by atoms with van der Waals surface area (Å²) >= 11 is 0. The molecule has 0 bridgehead atoms. The molecule has 1 atom stereocenters. The molecule has 1 unspecified atom stereocenters. The summed E-state index contributed by atoms with van der Waals surface area (Å²) in [6.07, 6.45) is 1.86. The van der Waals surface area contributed by atoms with Gasteiger partial charge in [-0.15, -0.1) is 0 Å². The van der Waals surface area contributed by atoms with Gasteiger partial charge in [-0.05, 0) is 31.2 Å². The van der Waals surface area contributed by atoms with E-state index < -0.39 is 15.6 Å². The standard InChI is InChI=1S/C16H19NO3S/c1-16(10-5-11-20-16)12-17-21(18,19)15-9-4-7-13-6-2-3-8-14(13)15/h2-4,6-9,17H,5,10-12H2,1H3. The van der Waals surface area contributed by atoms with Crippen LogP contribution in [-0.2, 0) is 14.8 Å². The highest BCUT2D eigenvalue weighted by atomic mass is 32.2. The molecule has 1 saturated heterocycles. The van der Waals surface area contributed by atoms with Gasteiger partial charge in [0.05, 0.1) is 10.5 Å². The van der Waals surface area contributed by atoms with Gasteiger partial charge in [0.2, 0.25) is 10.0 Å². The lowest BCUT2D eigenvalue weighted by atomic mass is 10.0. The zero-order chi connectivity index (χ0) is 14.9. The van der Waals surface area contributed by atoms with E-state index in [0.717, 1.165) is 23.6 Å². The summed E-state index contributed by atoms with van der Waals surface area (Å²) in [6, 6.07) is 12.8. The summed E-state index contributed by atoms with van der Waals surface area (Å²) in [5.74, 6) is 0. The minimum absolute atomic E-state index is 0.304. The van der Waals surface area contributed by atoms with E-state index in [0.29, 0.717) is 18.0 Å². The van der Waals surface area contributed by atoms with Crippen LogP contribution in [0.2, 0.25) is 0 Å². The fourth-order valence-corrected chi connectivity index (χ4v) is 4.12. The first-order chi connectivity index (χ1) is 10.0. The number of benzene rings is 2. The van der Waals surface area contributed by atoms with E-state index in [1.807, 2.05) is 37.3 Å². The minimum Gasteiger partial charge on any atom is -0.374 e. The summed E-state index contributed by atoms with van der Waals surface area (Å²) in [7, 11) is -3.54. The summed E-state index contributed by atoms with van der Waals surface area (Å²) < 4.78 is 33.5. The van der Waals surface area contributed by atoms with Gasteiger partial charge < -0.3 is 4.74 Å². The predicted octanol–water partition coefficient (Wildman–Crippen LogP) is 2.69. The molecule has 0 aromatic heterocycles. The van der Waals surface area contributed by atoms with Crippen molar-refractivity contribution in [1.29, 1.82) is 0 Å². The molecule has 1 aliphatic heterocycles. The molecule has 112 valence electrons. The van der Waals surface area contributed by atoms with E-state index in [2.05, 4.69) is 4.72 Å². The molecule has 3 rings (SSSR count). The van der Waals surface area contributed by atoms with Gasteiger partial charge in [-0.2, -0.15) is 0 Å². The number of hydrogen-bond donors (Lipinski definition) is 1. The van der Waals surface area contributed by atoms with Gasteiger partial charge in [0.15, 0.2) is 0 Å². The normalized spacial score (nSPS) is 22.7. The Morgan fingerprint density at radius 1 is 1.19 bits per heavy atom. The minimum atomic E-state index is -3.54. The van der Waals surface area contributed by atoms with Gasteiger partial charge in [-0.1, -0.05) is 36.4 Å². The Balaban J connectivity index is 1.90. The highest BCUT2D eigenvalue weighted by Gasteiger charge is 2.31. The van der Waals surface area contributed by atoms with Crippen molar-refractivity contribution in [3.05, 3.63) is 42.5 Å². The molecule has 0 aliphatic carbocycles. The average Bonchev–Trinajstić information content (AvgIpc) is 2.92. The third-order valence-corrected chi connectivity index (χ3v) is 5.44. The van der Waals surface area contributed by atoms with Crippen molar-refractivity contribution in [3.63, 3.8) is 0 Å². The van der Waals surface area contributed by atoms with Crippen LogP contribution in [0.25, 0.3) is 10.8 Å². The molecule has 4 nitrogen and oxygen atoms in total. The van der Waals surface area contributed by atoms with Crippen LogP contribution in [0, 0.1) is 0 Å². The molecule has 0 amide bonds. The Morgan fingerprint density at radius 3 is 2.71 bits per heavy atom. The van der Waals surface area contributed by atoms with E-state index in [1.54, 1.807) is 12.1 Å². The Hall–Kier alpha value is -1.43. The smallest absolute Gasteiger partial charge is 0.241 e. The number of fused-ring (bicyclic) bond motifs is 1. The molecule has 5 heteroatoms.